The Hall–Kier alpha value is -0.0100. The normalized spacial score (nSPS) is 30.7. The van der Waals surface area contributed by atoms with E-state index in [4.69, 9.17) is 4.74 Å². The zero-order chi connectivity index (χ0) is 13.3. The van der Waals surface area contributed by atoms with Gasteiger partial charge in [-0.25, -0.2) is 4.39 Å². The average Bonchev–Trinajstić information content (AvgIpc) is 2.81. The summed E-state index contributed by atoms with van der Waals surface area (Å²) in [5.41, 5.74) is 1.13. The third kappa shape index (κ3) is 3.19. The summed E-state index contributed by atoms with van der Waals surface area (Å²) in [5, 5.41) is 3.56. The molecule has 0 aromatic heterocycles. The van der Waals surface area contributed by atoms with Crippen molar-refractivity contribution in [1.29, 1.82) is 0 Å². The van der Waals surface area contributed by atoms with Gasteiger partial charge in [0.05, 0.1) is 5.60 Å². The Bertz CT molecular complexity index is 465. The van der Waals surface area contributed by atoms with Gasteiger partial charge in [-0.15, -0.1) is 0 Å². The smallest absolute Gasteiger partial charge is 0.124 e. The molecule has 5 heteroatoms. The fraction of sp³-hybridized carbons (Fsp3) is 0.571. The molecule has 3 rings (SSSR count). The zero-order valence-electron chi connectivity index (χ0n) is 10.6. The molecule has 104 valence electrons. The fourth-order valence-corrected chi connectivity index (χ4v) is 4.85. The molecule has 2 fully saturated rings. The van der Waals surface area contributed by atoms with Gasteiger partial charge in [-0.05, 0) is 65.8 Å². The van der Waals surface area contributed by atoms with Crippen LogP contribution < -0.4 is 5.32 Å². The summed E-state index contributed by atoms with van der Waals surface area (Å²) >= 11 is 4.17. The van der Waals surface area contributed by atoms with Crippen LogP contribution in [-0.4, -0.2) is 29.8 Å². The number of benzene rings is 1. The first-order chi connectivity index (χ1) is 9.17. The van der Waals surface area contributed by atoms with Crippen LogP contribution in [0.2, 0.25) is 0 Å². The van der Waals surface area contributed by atoms with Gasteiger partial charge in [-0.2, -0.15) is 11.8 Å². The summed E-state index contributed by atoms with van der Waals surface area (Å²) in [6, 6.07) is 5.36. The summed E-state index contributed by atoms with van der Waals surface area (Å²) in [7, 11) is 0. The molecule has 0 saturated carbocycles. The van der Waals surface area contributed by atoms with E-state index in [2.05, 4.69) is 27.9 Å². The van der Waals surface area contributed by atoms with Gasteiger partial charge in [0.15, 0.2) is 0 Å². The van der Waals surface area contributed by atoms with Gasteiger partial charge >= 0.3 is 0 Å². The van der Waals surface area contributed by atoms with E-state index in [0.29, 0.717) is 6.04 Å². The average molecular weight is 393 g/mol. The van der Waals surface area contributed by atoms with Crippen LogP contribution in [0.1, 0.15) is 19.3 Å². The van der Waals surface area contributed by atoms with Crippen LogP contribution in [0.5, 0.6) is 0 Å². The molecule has 19 heavy (non-hydrogen) atoms. The van der Waals surface area contributed by atoms with Crippen molar-refractivity contribution >= 4 is 40.0 Å². The number of halogens is 2. The van der Waals surface area contributed by atoms with E-state index >= 15 is 0 Å². The van der Waals surface area contributed by atoms with Gasteiger partial charge in [-0.1, -0.05) is 0 Å². The van der Waals surface area contributed by atoms with Crippen LogP contribution in [-0.2, 0) is 4.74 Å². The predicted molar refractivity (Wildman–Crippen MR) is 86.4 cm³/mol. The maximum absolute atomic E-state index is 13.1. The summed E-state index contributed by atoms with van der Waals surface area (Å²) in [4.78, 5) is 0. The van der Waals surface area contributed by atoms with Crippen molar-refractivity contribution in [2.45, 2.75) is 30.9 Å². The second-order valence-electron chi connectivity index (χ2n) is 5.29. The third-order valence-electron chi connectivity index (χ3n) is 3.85. The third-order valence-corrected chi connectivity index (χ3v) is 5.97. The lowest BCUT2D eigenvalue weighted by atomic mass is 9.90. The molecule has 2 saturated heterocycles. The summed E-state index contributed by atoms with van der Waals surface area (Å²) < 4.78 is 20.1. The number of hydrogen-bond acceptors (Lipinski definition) is 3. The maximum atomic E-state index is 13.1. The SMILES string of the molecule is Fc1ccc(NC2CCOC3(CCSC3)C2)c(I)c1. The van der Waals surface area contributed by atoms with Crippen molar-refractivity contribution in [1.82, 2.24) is 0 Å². The molecular formula is C14H17FINOS. The first-order valence-electron chi connectivity index (χ1n) is 6.60. The van der Waals surface area contributed by atoms with Crippen LogP contribution in [0.25, 0.3) is 0 Å². The van der Waals surface area contributed by atoms with Crippen LogP contribution in [0.15, 0.2) is 18.2 Å². The summed E-state index contributed by atoms with van der Waals surface area (Å²) in [6.07, 6.45) is 3.25. The number of ether oxygens (including phenoxy) is 1. The molecular weight excluding hydrogens is 376 g/mol. The van der Waals surface area contributed by atoms with Crippen molar-refractivity contribution in [3.05, 3.63) is 27.6 Å². The van der Waals surface area contributed by atoms with E-state index in [-0.39, 0.29) is 11.4 Å². The molecule has 2 aliphatic rings. The largest absolute Gasteiger partial charge is 0.381 e. The summed E-state index contributed by atoms with van der Waals surface area (Å²) in [6.45, 7) is 0.829. The van der Waals surface area contributed by atoms with E-state index in [1.807, 2.05) is 17.8 Å². The molecule has 0 aliphatic carbocycles. The lowest BCUT2D eigenvalue weighted by Crippen LogP contribution is -2.44. The monoisotopic (exact) mass is 393 g/mol. The van der Waals surface area contributed by atoms with Crippen molar-refractivity contribution in [3.8, 4) is 0 Å². The van der Waals surface area contributed by atoms with Gasteiger partial charge < -0.3 is 10.1 Å². The van der Waals surface area contributed by atoms with Crippen LogP contribution in [0, 0.1) is 9.39 Å². The van der Waals surface area contributed by atoms with Gasteiger partial charge in [0, 0.05) is 27.7 Å². The molecule has 0 radical (unpaired) electrons. The molecule has 1 spiro atoms. The minimum atomic E-state index is -0.175. The highest BCUT2D eigenvalue weighted by atomic mass is 127. The van der Waals surface area contributed by atoms with Crippen molar-refractivity contribution in [2.24, 2.45) is 0 Å². The lowest BCUT2D eigenvalue weighted by molar-refractivity contribution is -0.0628. The minimum Gasteiger partial charge on any atom is -0.381 e. The van der Waals surface area contributed by atoms with Crippen LogP contribution in [0.3, 0.4) is 0 Å². The van der Waals surface area contributed by atoms with E-state index in [1.165, 1.54) is 11.8 Å². The zero-order valence-corrected chi connectivity index (χ0v) is 13.6. The molecule has 2 unspecified atom stereocenters. The molecule has 0 bridgehead atoms. The molecule has 2 atom stereocenters. The van der Waals surface area contributed by atoms with E-state index in [0.717, 1.165) is 40.9 Å². The number of nitrogens with one attached hydrogen (secondary N) is 1. The highest BCUT2D eigenvalue weighted by Crippen LogP contribution is 2.39. The quantitative estimate of drug-likeness (QED) is 0.771. The first kappa shape index (κ1) is 13.9. The van der Waals surface area contributed by atoms with Crippen molar-refractivity contribution in [2.75, 3.05) is 23.4 Å². The number of anilines is 1. The van der Waals surface area contributed by atoms with Gasteiger partial charge in [0.2, 0.25) is 0 Å². The Balaban J connectivity index is 1.69. The maximum Gasteiger partial charge on any atom is 0.124 e. The molecule has 2 heterocycles. The van der Waals surface area contributed by atoms with Crippen LogP contribution >= 0.6 is 34.4 Å². The first-order valence-corrected chi connectivity index (χ1v) is 8.84. The summed E-state index contributed by atoms with van der Waals surface area (Å²) in [5.74, 6) is 2.15. The molecule has 0 amide bonds. The number of thioether (sulfide) groups is 1. The molecule has 1 aromatic rings. The predicted octanol–water partition coefficient (Wildman–Crippen LogP) is 3.90. The molecule has 2 nitrogen and oxygen atoms in total. The Kier molecular flexibility index (Phi) is 4.24. The Morgan fingerprint density at radius 3 is 3.11 bits per heavy atom. The minimum absolute atomic E-state index is 0.0893. The second-order valence-corrected chi connectivity index (χ2v) is 7.56. The van der Waals surface area contributed by atoms with Gasteiger partial charge in [0.25, 0.3) is 0 Å². The highest BCUT2D eigenvalue weighted by Gasteiger charge is 2.40. The Morgan fingerprint density at radius 2 is 2.37 bits per heavy atom. The Labute approximate surface area is 131 Å². The van der Waals surface area contributed by atoms with Gasteiger partial charge in [0.1, 0.15) is 5.82 Å². The van der Waals surface area contributed by atoms with Crippen molar-refractivity contribution in [3.63, 3.8) is 0 Å². The van der Waals surface area contributed by atoms with Crippen molar-refractivity contribution < 1.29 is 9.13 Å². The second kappa shape index (κ2) is 5.77. The Morgan fingerprint density at radius 1 is 1.47 bits per heavy atom. The molecule has 2 aliphatic heterocycles. The van der Waals surface area contributed by atoms with E-state index in [9.17, 15) is 4.39 Å². The topological polar surface area (TPSA) is 21.3 Å². The number of hydrogen-bond donors (Lipinski definition) is 1. The van der Waals surface area contributed by atoms with E-state index in [1.54, 1.807) is 6.07 Å². The highest BCUT2D eigenvalue weighted by molar-refractivity contribution is 14.1. The number of rotatable bonds is 2. The van der Waals surface area contributed by atoms with E-state index < -0.39 is 0 Å². The standard InChI is InChI=1S/C14H17FINOS/c15-10-1-2-13(12(16)7-10)17-11-3-5-18-14(8-11)4-6-19-9-14/h1-2,7,11,17H,3-6,8-9H2. The van der Waals surface area contributed by atoms with Crippen LogP contribution in [0.4, 0.5) is 10.1 Å². The molecule has 1 N–H and O–H groups in total. The fourth-order valence-electron chi connectivity index (χ4n) is 2.84. The lowest BCUT2D eigenvalue weighted by Gasteiger charge is -2.38. The molecule has 1 aromatic carbocycles. The van der Waals surface area contributed by atoms with Gasteiger partial charge in [-0.3, -0.25) is 0 Å².